The fourth-order valence-electron chi connectivity index (χ4n) is 4.61. The summed E-state index contributed by atoms with van der Waals surface area (Å²) in [5, 5.41) is 20.7. The van der Waals surface area contributed by atoms with Gasteiger partial charge < -0.3 is 29.9 Å². The van der Waals surface area contributed by atoms with Crippen molar-refractivity contribution in [3.8, 4) is 0 Å². The number of carbonyl (C=O) groups excluding carboxylic acids is 4. The first-order valence-electron chi connectivity index (χ1n) is 17.8. The largest absolute Gasteiger partial charge is 0.447 e. The Balaban J connectivity index is 0.000000442. The maximum Gasteiger partial charge on any atom is 0.411 e. The van der Waals surface area contributed by atoms with Crippen LogP contribution in [-0.4, -0.2) is 92.4 Å². The number of aliphatic imine (C=N–C) groups is 2. The number of benzene rings is 4. The third kappa shape index (κ3) is 22.1. The average molecular weight is 756 g/mol. The number of ether oxygens (including phenoxy) is 2. The highest BCUT2D eigenvalue weighted by Gasteiger charge is 2.04. The minimum atomic E-state index is -0.502. The van der Waals surface area contributed by atoms with Crippen LogP contribution in [0.4, 0.5) is 27.5 Å². The smallest absolute Gasteiger partial charge is 0.411 e. The van der Waals surface area contributed by atoms with Gasteiger partial charge >= 0.3 is 6.09 Å². The number of anilines is 2. The Kier molecular flexibility index (Phi) is 25.5. The molecule has 294 valence electrons. The molecular weight excluding hydrogens is 702 g/mol. The van der Waals surface area contributed by atoms with Gasteiger partial charge in [-0.3, -0.25) is 10.1 Å². The zero-order chi connectivity index (χ0) is 40.7. The van der Waals surface area contributed by atoms with Gasteiger partial charge in [0.15, 0.2) is 0 Å². The first-order valence-corrected chi connectivity index (χ1v) is 17.8. The van der Waals surface area contributed by atoms with Crippen LogP contribution in [0.25, 0.3) is 0 Å². The summed E-state index contributed by atoms with van der Waals surface area (Å²) in [6.45, 7) is 11.9. The molecule has 0 aliphatic rings. The Labute approximate surface area is 323 Å². The van der Waals surface area contributed by atoms with Gasteiger partial charge in [-0.1, -0.05) is 69.3 Å². The maximum atomic E-state index is 11.6. The molecule has 0 bridgehead atoms. The van der Waals surface area contributed by atoms with Crippen LogP contribution in [0.3, 0.4) is 0 Å². The van der Waals surface area contributed by atoms with Crippen molar-refractivity contribution < 1.29 is 38.9 Å². The number of isocyanates is 2. The Morgan fingerprint density at radius 3 is 1.27 bits per heavy atom. The van der Waals surface area contributed by atoms with E-state index in [9.17, 15) is 19.2 Å². The number of hydrogen-bond donors (Lipinski definition) is 4. The van der Waals surface area contributed by atoms with Gasteiger partial charge in [-0.25, -0.2) is 14.4 Å². The number of nitrogens with zero attached hydrogens (tertiary/aromatic N) is 3. The third-order valence-corrected chi connectivity index (χ3v) is 7.48. The minimum Gasteiger partial charge on any atom is -0.447 e. The van der Waals surface area contributed by atoms with Crippen LogP contribution >= 0.6 is 0 Å². The molecule has 0 aliphatic carbocycles. The van der Waals surface area contributed by atoms with E-state index in [0.29, 0.717) is 23.7 Å². The van der Waals surface area contributed by atoms with E-state index in [4.69, 9.17) is 19.7 Å². The van der Waals surface area contributed by atoms with Crippen LogP contribution < -0.4 is 10.6 Å². The van der Waals surface area contributed by atoms with E-state index in [0.717, 1.165) is 40.8 Å². The molecule has 55 heavy (non-hydrogen) atoms. The summed E-state index contributed by atoms with van der Waals surface area (Å²) < 4.78 is 9.76. The molecule has 0 fully saturated rings. The Bertz CT molecular complexity index is 1670. The molecule has 4 rings (SSSR count). The summed E-state index contributed by atoms with van der Waals surface area (Å²) in [4.78, 5) is 52.2. The molecule has 0 radical (unpaired) electrons. The van der Waals surface area contributed by atoms with Crippen molar-refractivity contribution in [2.75, 3.05) is 63.8 Å². The van der Waals surface area contributed by atoms with Gasteiger partial charge in [0.2, 0.25) is 18.1 Å². The molecular formula is C42H53N5O8. The highest BCUT2D eigenvalue weighted by atomic mass is 16.6. The Hall–Kier alpha value is -5.78. The molecule has 0 unspecified atom stereocenters. The van der Waals surface area contributed by atoms with Crippen molar-refractivity contribution in [1.82, 2.24) is 4.90 Å². The quantitative estimate of drug-likeness (QED) is 0.0567. The molecule has 0 saturated carbocycles. The molecule has 0 spiro atoms. The van der Waals surface area contributed by atoms with Crippen molar-refractivity contribution in [1.29, 1.82) is 0 Å². The average Bonchev–Trinajstić information content (AvgIpc) is 3.19. The number of nitrogens with one attached hydrogen (secondary N) is 2. The van der Waals surface area contributed by atoms with E-state index in [2.05, 4.69) is 46.3 Å². The molecule has 2 amide bonds. The maximum absolute atomic E-state index is 11.6. The molecule has 13 heteroatoms. The van der Waals surface area contributed by atoms with Crippen molar-refractivity contribution in [3.63, 3.8) is 0 Å². The Morgan fingerprint density at radius 1 is 0.618 bits per heavy atom. The van der Waals surface area contributed by atoms with Gasteiger partial charge in [0.1, 0.15) is 6.61 Å². The molecule has 0 aromatic heterocycles. The van der Waals surface area contributed by atoms with Crippen LogP contribution in [0, 0.1) is 0 Å². The summed E-state index contributed by atoms with van der Waals surface area (Å²) in [5.74, 6) is -0.0865. The monoisotopic (exact) mass is 755 g/mol. The standard InChI is InChI=1S/C19H22N2O4.C15H10N2O2.C6H15N.C2H6O2/c1-14(22)20-17-7-3-15(4-8-17)13-16-5-9-18(10-6-16)21-19(23)25-12-11-24-2;18-10-16-14-5-1-12(2-6-14)9-13-3-7-15(8-4-13)17-11-19;1-4-7(5-2)6-3;3-1-2-4/h3-10H,11-13H2,1-2H3,(H,20,22)(H,21,23);1-8H,9H2;4-6H2,1-3H3;3-4H,1-2H2. The molecule has 13 nitrogen and oxygen atoms in total. The second-order valence-corrected chi connectivity index (χ2v) is 11.5. The number of carbonyl (C=O) groups is 2. The second kappa shape index (κ2) is 29.6. The Morgan fingerprint density at radius 2 is 0.982 bits per heavy atom. The summed E-state index contributed by atoms with van der Waals surface area (Å²) in [5.41, 5.74) is 7.10. The van der Waals surface area contributed by atoms with Gasteiger partial charge in [0.05, 0.1) is 31.2 Å². The van der Waals surface area contributed by atoms with Crippen LogP contribution in [0.5, 0.6) is 0 Å². The van der Waals surface area contributed by atoms with E-state index in [1.54, 1.807) is 31.4 Å². The SMILES string of the molecule is CCN(CC)CC.COCCOC(=O)Nc1ccc(Cc2ccc(NC(C)=O)cc2)cc1.O=C=Nc1ccc(Cc2ccc(N=C=O)cc2)cc1.OCCO. The fraction of sp³-hybridized carbons (Fsp3) is 0.333. The summed E-state index contributed by atoms with van der Waals surface area (Å²) >= 11 is 0. The van der Waals surface area contributed by atoms with Gasteiger partial charge in [-0.2, -0.15) is 9.98 Å². The van der Waals surface area contributed by atoms with Crippen molar-refractivity contribution in [2.24, 2.45) is 9.98 Å². The first kappa shape index (κ1) is 47.2. The number of methoxy groups -OCH3 is 1. The normalized spacial score (nSPS) is 9.67. The number of aliphatic hydroxyl groups is 2. The predicted octanol–water partition coefficient (Wildman–Crippen LogP) is 6.96. The van der Waals surface area contributed by atoms with Crippen LogP contribution in [-0.2, 0) is 36.7 Å². The number of rotatable bonds is 15. The summed E-state index contributed by atoms with van der Waals surface area (Å²) in [6, 6.07) is 30.0. The summed E-state index contributed by atoms with van der Waals surface area (Å²) in [6.07, 6.45) is 4.03. The minimum absolute atomic E-state index is 0.0865. The number of hydrogen-bond acceptors (Lipinski definition) is 11. The zero-order valence-corrected chi connectivity index (χ0v) is 32.3. The predicted molar refractivity (Wildman–Crippen MR) is 216 cm³/mol. The number of aliphatic hydroxyl groups excluding tert-OH is 2. The fourth-order valence-corrected chi connectivity index (χ4v) is 4.61. The summed E-state index contributed by atoms with van der Waals surface area (Å²) in [7, 11) is 1.55. The lowest BCUT2D eigenvalue weighted by Crippen LogP contribution is -2.21. The lowest BCUT2D eigenvalue weighted by atomic mass is 10.0. The highest BCUT2D eigenvalue weighted by molar-refractivity contribution is 5.88. The van der Waals surface area contributed by atoms with E-state index in [1.807, 2.05) is 72.8 Å². The number of amides is 2. The van der Waals surface area contributed by atoms with E-state index >= 15 is 0 Å². The molecule has 0 saturated heterocycles. The zero-order valence-electron chi connectivity index (χ0n) is 32.3. The molecule has 4 aromatic carbocycles. The van der Waals surface area contributed by atoms with Crippen molar-refractivity contribution in [2.45, 2.75) is 40.5 Å². The van der Waals surface area contributed by atoms with Gasteiger partial charge in [0.25, 0.3) is 0 Å². The molecule has 0 heterocycles. The molecule has 4 N–H and O–H groups in total. The van der Waals surface area contributed by atoms with Gasteiger partial charge in [-0.15, -0.1) is 0 Å². The van der Waals surface area contributed by atoms with Crippen LogP contribution in [0.2, 0.25) is 0 Å². The van der Waals surface area contributed by atoms with Crippen LogP contribution in [0.15, 0.2) is 107 Å². The topological polar surface area (TPSA) is 179 Å². The van der Waals surface area contributed by atoms with Gasteiger partial charge in [0, 0.05) is 25.4 Å². The van der Waals surface area contributed by atoms with Gasteiger partial charge in [-0.05, 0) is 103 Å². The molecule has 4 aromatic rings. The van der Waals surface area contributed by atoms with E-state index < -0.39 is 6.09 Å². The first-order chi connectivity index (χ1) is 26.6. The lowest BCUT2D eigenvalue weighted by Gasteiger charge is -2.13. The van der Waals surface area contributed by atoms with Crippen molar-refractivity contribution in [3.05, 3.63) is 119 Å². The second-order valence-electron chi connectivity index (χ2n) is 11.5. The third-order valence-electron chi connectivity index (χ3n) is 7.48. The molecule has 0 aliphatic heterocycles. The van der Waals surface area contributed by atoms with E-state index in [-0.39, 0.29) is 25.7 Å². The lowest BCUT2D eigenvalue weighted by molar-refractivity contribution is -0.114. The highest BCUT2D eigenvalue weighted by Crippen LogP contribution is 2.18. The van der Waals surface area contributed by atoms with Crippen LogP contribution in [0.1, 0.15) is 49.9 Å². The molecule has 0 atom stereocenters. The van der Waals surface area contributed by atoms with Crippen molar-refractivity contribution >= 4 is 46.9 Å². The van der Waals surface area contributed by atoms with E-state index in [1.165, 1.54) is 38.7 Å².